The Kier molecular flexibility index (Phi) is 3.17. The predicted octanol–water partition coefficient (Wildman–Crippen LogP) is 4.23. The molecule has 3 atom stereocenters. The average molecular weight is 346 g/mol. The Labute approximate surface area is 153 Å². The number of hydrogen-bond acceptors (Lipinski definition) is 3. The topological polar surface area (TPSA) is 35.5 Å². The van der Waals surface area contributed by atoms with Crippen molar-refractivity contribution in [2.45, 2.75) is 31.7 Å². The molecule has 2 fully saturated rings. The van der Waals surface area contributed by atoms with E-state index in [1.807, 2.05) is 43.3 Å². The third-order valence-electron chi connectivity index (χ3n) is 6.72. The summed E-state index contributed by atoms with van der Waals surface area (Å²) < 4.78 is 13.4. The van der Waals surface area contributed by atoms with Gasteiger partial charge in [-0.2, -0.15) is 0 Å². The predicted molar refractivity (Wildman–Crippen MR) is 98.4 cm³/mol. The van der Waals surface area contributed by atoms with Crippen LogP contribution in [-0.2, 0) is 20.1 Å². The molecular formula is C23H22O3. The molecule has 3 aliphatic carbocycles. The summed E-state index contributed by atoms with van der Waals surface area (Å²) in [5.74, 6) is -0.746. The number of hydrogen-bond donors (Lipinski definition) is 0. The van der Waals surface area contributed by atoms with Crippen molar-refractivity contribution < 1.29 is 14.3 Å². The highest BCUT2D eigenvalue weighted by Gasteiger charge is 2.73. The van der Waals surface area contributed by atoms with Crippen LogP contribution in [0.5, 0.6) is 0 Å². The Bertz CT molecular complexity index is 862. The number of benzene rings is 2. The van der Waals surface area contributed by atoms with Crippen LogP contribution in [0.25, 0.3) is 0 Å². The van der Waals surface area contributed by atoms with Crippen molar-refractivity contribution in [3.63, 3.8) is 0 Å². The Hall–Kier alpha value is -2.23. The second-order valence-corrected chi connectivity index (χ2v) is 7.97. The van der Waals surface area contributed by atoms with Crippen LogP contribution < -0.4 is 0 Å². The summed E-state index contributed by atoms with van der Waals surface area (Å²) in [6.45, 7) is 4.66. The number of allylic oxidation sites excluding steroid dienone is 1. The van der Waals surface area contributed by atoms with Gasteiger partial charge in [0, 0.05) is 22.5 Å². The molecule has 0 amide bonds. The smallest absolute Gasteiger partial charge is 0.223 e. The minimum absolute atomic E-state index is 0.00394. The highest BCUT2D eigenvalue weighted by atomic mass is 16.7. The summed E-state index contributed by atoms with van der Waals surface area (Å²) in [6, 6.07) is 20.2. The molecular weight excluding hydrogens is 324 g/mol. The van der Waals surface area contributed by atoms with Crippen molar-refractivity contribution in [1.82, 2.24) is 0 Å². The average Bonchev–Trinajstić information content (AvgIpc) is 2.66. The zero-order valence-electron chi connectivity index (χ0n) is 15.1. The quantitative estimate of drug-likeness (QED) is 0.816. The zero-order chi connectivity index (χ0) is 18.0. The van der Waals surface area contributed by atoms with Gasteiger partial charge in [0.25, 0.3) is 0 Å². The van der Waals surface area contributed by atoms with Crippen molar-refractivity contribution >= 4 is 5.78 Å². The first-order valence-electron chi connectivity index (χ1n) is 9.20. The van der Waals surface area contributed by atoms with Crippen molar-refractivity contribution in [2.24, 2.45) is 11.3 Å². The monoisotopic (exact) mass is 346 g/mol. The van der Waals surface area contributed by atoms with Crippen LogP contribution in [0.1, 0.15) is 31.4 Å². The van der Waals surface area contributed by atoms with Gasteiger partial charge in [0.2, 0.25) is 5.79 Å². The summed E-state index contributed by atoms with van der Waals surface area (Å²) in [4.78, 5) is 12.4. The van der Waals surface area contributed by atoms with Crippen LogP contribution in [0.2, 0.25) is 0 Å². The number of ether oxygens (including phenoxy) is 2. The lowest BCUT2D eigenvalue weighted by atomic mass is 9.44. The Morgan fingerprint density at radius 2 is 1.54 bits per heavy atom. The van der Waals surface area contributed by atoms with Crippen LogP contribution in [0, 0.1) is 11.3 Å². The molecule has 2 aromatic rings. The first-order chi connectivity index (χ1) is 12.5. The van der Waals surface area contributed by atoms with E-state index < -0.39 is 11.4 Å². The SMILES string of the molecule is CC1=CC(=O)[C@H]2C[C@@]13OC(c1ccccc1)(c1ccccc1)OC[C@]23C. The highest BCUT2D eigenvalue weighted by molar-refractivity contribution is 5.97. The Morgan fingerprint density at radius 1 is 0.962 bits per heavy atom. The second kappa shape index (κ2) is 5.15. The number of fused-ring (bicyclic) bond motifs is 1. The molecule has 1 saturated carbocycles. The maximum Gasteiger partial charge on any atom is 0.223 e. The van der Waals surface area contributed by atoms with E-state index in [0.717, 1.165) is 23.1 Å². The molecule has 3 heteroatoms. The van der Waals surface area contributed by atoms with Crippen molar-refractivity contribution in [2.75, 3.05) is 6.61 Å². The Balaban J connectivity index is 1.70. The van der Waals surface area contributed by atoms with Crippen LogP contribution in [-0.4, -0.2) is 18.0 Å². The van der Waals surface area contributed by atoms with E-state index in [1.165, 1.54) is 0 Å². The fourth-order valence-corrected chi connectivity index (χ4v) is 5.10. The summed E-state index contributed by atoms with van der Waals surface area (Å²) in [5, 5.41) is 0. The number of carbonyl (C=O) groups is 1. The molecule has 0 aromatic heterocycles. The lowest BCUT2D eigenvalue weighted by Crippen LogP contribution is -2.75. The van der Waals surface area contributed by atoms with Gasteiger partial charge < -0.3 is 9.47 Å². The van der Waals surface area contributed by atoms with Gasteiger partial charge >= 0.3 is 0 Å². The third-order valence-corrected chi connectivity index (χ3v) is 6.72. The maximum absolute atomic E-state index is 12.4. The van der Waals surface area contributed by atoms with Gasteiger partial charge in [0.1, 0.15) is 5.60 Å². The molecule has 26 heavy (non-hydrogen) atoms. The van der Waals surface area contributed by atoms with Crippen molar-refractivity contribution in [1.29, 1.82) is 0 Å². The first-order valence-corrected chi connectivity index (χ1v) is 9.20. The number of carbonyl (C=O) groups excluding carboxylic acids is 1. The van der Waals surface area contributed by atoms with Gasteiger partial charge in [-0.15, -0.1) is 0 Å². The Morgan fingerprint density at radius 3 is 2.08 bits per heavy atom. The maximum atomic E-state index is 12.4. The van der Waals surface area contributed by atoms with Crippen LogP contribution >= 0.6 is 0 Å². The molecule has 132 valence electrons. The number of rotatable bonds is 2. The minimum Gasteiger partial charge on any atom is -0.341 e. The fraction of sp³-hybridized carbons (Fsp3) is 0.348. The van der Waals surface area contributed by atoms with Gasteiger partial charge in [-0.3, -0.25) is 4.79 Å². The highest BCUT2D eigenvalue weighted by Crippen LogP contribution is 2.68. The summed E-state index contributed by atoms with van der Waals surface area (Å²) in [6.07, 6.45) is 2.53. The summed E-state index contributed by atoms with van der Waals surface area (Å²) in [5.41, 5.74) is 2.24. The zero-order valence-corrected chi connectivity index (χ0v) is 15.1. The molecule has 4 aliphatic rings. The molecule has 3 nitrogen and oxygen atoms in total. The third kappa shape index (κ3) is 1.77. The lowest BCUT2D eigenvalue weighted by Gasteiger charge is -2.69. The second-order valence-electron chi connectivity index (χ2n) is 7.97. The van der Waals surface area contributed by atoms with Crippen molar-refractivity contribution in [3.05, 3.63) is 83.4 Å². The normalized spacial score (nSPS) is 34.5. The molecule has 0 radical (unpaired) electrons. The van der Waals surface area contributed by atoms with E-state index in [-0.39, 0.29) is 17.1 Å². The van der Waals surface area contributed by atoms with Crippen molar-refractivity contribution in [3.8, 4) is 0 Å². The first kappa shape index (κ1) is 16.0. The van der Waals surface area contributed by atoms with E-state index in [2.05, 4.69) is 31.2 Å². The lowest BCUT2D eigenvalue weighted by molar-refractivity contribution is -0.393. The van der Waals surface area contributed by atoms with E-state index in [0.29, 0.717) is 6.61 Å². The summed E-state index contributed by atoms with van der Waals surface area (Å²) in [7, 11) is 0. The number of ketones is 1. The standard InChI is InChI=1S/C23H22O3/c1-16-13-20(24)19-14-22(16)21(19,2)15-25-23(26-22,17-9-5-3-6-10-17)18-11-7-4-8-12-18/h3-13,19H,14-15H2,1-2H3/t19-,21-,22-/m1/s1. The van der Waals surface area contributed by atoms with Gasteiger partial charge in [-0.1, -0.05) is 67.6 Å². The van der Waals surface area contributed by atoms with Crippen LogP contribution in [0.3, 0.4) is 0 Å². The molecule has 2 aromatic carbocycles. The van der Waals surface area contributed by atoms with Crippen LogP contribution in [0.15, 0.2) is 72.3 Å². The van der Waals surface area contributed by atoms with E-state index in [1.54, 1.807) is 6.08 Å². The molecule has 0 unspecified atom stereocenters. The fourth-order valence-electron chi connectivity index (χ4n) is 5.10. The largest absolute Gasteiger partial charge is 0.341 e. The molecule has 2 bridgehead atoms. The summed E-state index contributed by atoms with van der Waals surface area (Å²) >= 11 is 0. The van der Waals surface area contributed by atoms with Gasteiger partial charge in [-0.25, -0.2) is 0 Å². The van der Waals surface area contributed by atoms with Gasteiger partial charge in [-0.05, 0) is 25.0 Å². The van der Waals surface area contributed by atoms with E-state index in [9.17, 15) is 4.79 Å². The van der Waals surface area contributed by atoms with E-state index >= 15 is 0 Å². The molecule has 0 N–H and O–H groups in total. The molecule has 1 saturated heterocycles. The molecule has 1 heterocycles. The molecule has 1 aliphatic heterocycles. The molecule has 1 spiro atoms. The van der Waals surface area contributed by atoms with Crippen LogP contribution in [0.4, 0.5) is 0 Å². The van der Waals surface area contributed by atoms with Gasteiger partial charge in [0.05, 0.1) is 6.61 Å². The minimum atomic E-state index is -0.956. The van der Waals surface area contributed by atoms with Gasteiger partial charge in [0.15, 0.2) is 5.78 Å². The molecule has 6 rings (SSSR count). The van der Waals surface area contributed by atoms with E-state index in [4.69, 9.17) is 9.47 Å².